The van der Waals surface area contributed by atoms with Crippen molar-refractivity contribution >= 4 is 78.5 Å². The van der Waals surface area contributed by atoms with Crippen molar-refractivity contribution in [3.05, 3.63) is 159 Å². The van der Waals surface area contributed by atoms with Crippen LogP contribution in [0.15, 0.2) is 109 Å². The molecule has 0 heterocycles. The fraction of sp³-hybridized carbons (Fsp3) is 0.0667. The topological polar surface area (TPSA) is 120 Å². The zero-order chi connectivity index (χ0) is 29.6. The molecule has 4 aromatic carbocycles. The number of non-ortho nitro benzene ring substituents is 2. The van der Waals surface area contributed by atoms with Crippen molar-refractivity contribution in [3.63, 3.8) is 0 Å². The summed E-state index contributed by atoms with van der Waals surface area (Å²) in [6.07, 6.45) is 6.49. The largest absolute Gasteiger partial charge is 0.269 e. The van der Waals surface area contributed by atoms with Gasteiger partial charge in [0.25, 0.3) is 11.4 Å². The Balaban J connectivity index is 1.79. The number of halogens is 2. The third kappa shape index (κ3) is 7.86. The first-order valence-electron chi connectivity index (χ1n) is 12.1. The SMILES string of the molecule is O=[N+]([O-])c1ccc(/C=C/C(c2ccc(I)cc2)S(=O)(=O)C(/C=C/c2ccc([N+](=O)[O-])cc2)c2ccc(I)cc2)cc1. The maximum atomic E-state index is 14.4. The third-order valence-electron chi connectivity index (χ3n) is 6.24. The van der Waals surface area contributed by atoms with Crippen molar-refractivity contribution in [3.8, 4) is 0 Å². The van der Waals surface area contributed by atoms with Gasteiger partial charge in [0.1, 0.15) is 10.5 Å². The molecule has 208 valence electrons. The number of sulfone groups is 1. The molecule has 0 aliphatic carbocycles. The monoisotopic (exact) mass is 792 g/mol. The molecule has 41 heavy (non-hydrogen) atoms. The summed E-state index contributed by atoms with van der Waals surface area (Å²) >= 11 is 4.31. The molecule has 2 unspecified atom stereocenters. The van der Waals surface area contributed by atoms with Crippen LogP contribution in [0.4, 0.5) is 11.4 Å². The van der Waals surface area contributed by atoms with Crippen LogP contribution < -0.4 is 0 Å². The maximum absolute atomic E-state index is 14.4. The summed E-state index contributed by atoms with van der Waals surface area (Å²) in [6, 6.07) is 26.2. The molecule has 0 aliphatic heterocycles. The number of benzene rings is 4. The van der Waals surface area contributed by atoms with Crippen LogP contribution in [0.5, 0.6) is 0 Å². The highest BCUT2D eigenvalue weighted by molar-refractivity contribution is 14.1. The van der Waals surface area contributed by atoms with Gasteiger partial charge in [-0.05, 0) is 116 Å². The molecule has 0 amide bonds. The molecular formula is C30H22I2N2O6S. The van der Waals surface area contributed by atoms with Gasteiger partial charge in [0, 0.05) is 31.4 Å². The summed E-state index contributed by atoms with van der Waals surface area (Å²) in [7, 11) is -3.97. The van der Waals surface area contributed by atoms with Crippen molar-refractivity contribution in [2.24, 2.45) is 0 Å². The van der Waals surface area contributed by atoms with Gasteiger partial charge in [0.15, 0.2) is 9.84 Å². The Morgan fingerprint density at radius 3 is 1.17 bits per heavy atom. The Kier molecular flexibility index (Phi) is 10.0. The molecule has 0 aromatic heterocycles. The van der Waals surface area contributed by atoms with E-state index in [2.05, 4.69) is 45.2 Å². The van der Waals surface area contributed by atoms with Crippen LogP contribution in [0, 0.1) is 27.4 Å². The van der Waals surface area contributed by atoms with Crippen LogP contribution in [-0.2, 0) is 9.84 Å². The highest BCUT2D eigenvalue weighted by Gasteiger charge is 2.33. The standard InChI is InChI=1S/C30H22I2N2O6S/c31-25-11-7-23(8-12-25)29(19-5-21-1-15-27(16-2-21)33(35)36)41(39,40)30(24-9-13-26(32)14-10-24)20-6-22-3-17-28(18-4-22)34(37)38/h1-20,29-30H/b19-5+,20-6+. The van der Waals surface area contributed by atoms with Crippen LogP contribution in [-0.4, -0.2) is 18.3 Å². The fourth-order valence-corrected chi connectivity index (χ4v) is 6.80. The number of nitro groups is 2. The van der Waals surface area contributed by atoms with Gasteiger partial charge in [-0.2, -0.15) is 0 Å². The Labute approximate surface area is 264 Å². The van der Waals surface area contributed by atoms with E-state index in [1.807, 2.05) is 24.3 Å². The lowest BCUT2D eigenvalue weighted by Crippen LogP contribution is -2.19. The average Bonchev–Trinajstić information content (AvgIpc) is 2.95. The van der Waals surface area contributed by atoms with Crippen LogP contribution in [0.1, 0.15) is 32.8 Å². The molecule has 0 spiro atoms. The molecule has 4 rings (SSSR count). The van der Waals surface area contributed by atoms with E-state index < -0.39 is 30.2 Å². The number of hydrogen-bond acceptors (Lipinski definition) is 6. The van der Waals surface area contributed by atoms with Gasteiger partial charge in [-0.15, -0.1) is 0 Å². The second kappa shape index (κ2) is 13.5. The van der Waals surface area contributed by atoms with E-state index >= 15 is 0 Å². The lowest BCUT2D eigenvalue weighted by Gasteiger charge is -2.22. The quantitative estimate of drug-likeness (QED) is 0.0905. The van der Waals surface area contributed by atoms with E-state index in [1.165, 1.54) is 24.3 Å². The Morgan fingerprint density at radius 2 is 0.878 bits per heavy atom. The summed E-state index contributed by atoms with van der Waals surface area (Å²) in [5.41, 5.74) is 2.27. The molecule has 4 aromatic rings. The Hall–Kier alpha value is -3.43. The molecule has 8 nitrogen and oxygen atoms in total. The summed E-state index contributed by atoms with van der Waals surface area (Å²) in [6.45, 7) is 0. The molecule has 0 fully saturated rings. The highest BCUT2D eigenvalue weighted by atomic mass is 127. The van der Waals surface area contributed by atoms with Crippen LogP contribution in [0.25, 0.3) is 12.2 Å². The van der Waals surface area contributed by atoms with Gasteiger partial charge in [0.05, 0.1) is 9.85 Å². The molecule has 0 aliphatic rings. The number of nitro benzene ring substituents is 2. The van der Waals surface area contributed by atoms with Gasteiger partial charge < -0.3 is 0 Å². The minimum absolute atomic E-state index is 0.0564. The van der Waals surface area contributed by atoms with Crippen molar-refractivity contribution < 1.29 is 18.3 Å². The lowest BCUT2D eigenvalue weighted by molar-refractivity contribution is -0.385. The lowest BCUT2D eigenvalue weighted by atomic mass is 10.1. The number of hydrogen-bond donors (Lipinski definition) is 0. The van der Waals surface area contributed by atoms with Crippen molar-refractivity contribution in [1.82, 2.24) is 0 Å². The molecule has 2 atom stereocenters. The zero-order valence-corrected chi connectivity index (χ0v) is 26.3. The first kappa shape index (κ1) is 30.5. The minimum atomic E-state index is -3.97. The number of nitrogens with zero attached hydrogens (tertiary/aromatic N) is 2. The normalized spacial score (nSPS) is 13.3. The van der Waals surface area contributed by atoms with Gasteiger partial charge in [-0.25, -0.2) is 8.42 Å². The van der Waals surface area contributed by atoms with E-state index in [9.17, 15) is 28.6 Å². The molecule has 0 saturated carbocycles. The second-order valence-corrected chi connectivity index (χ2v) is 13.6. The molecular weight excluding hydrogens is 770 g/mol. The zero-order valence-electron chi connectivity index (χ0n) is 21.2. The average molecular weight is 792 g/mol. The Morgan fingerprint density at radius 1 is 0.561 bits per heavy atom. The molecule has 0 N–H and O–H groups in total. The predicted molar refractivity (Wildman–Crippen MR) is 177 cm³/mol. The molecule has 0 saturated heterocycles. The van der Waals surface area contributed by atoms with Gasteiger partial charge in [0.2, 0.25) is 0 Å². The summed E-state index contributed by atoms with van der Waals surface area (Å²) in [5, 5.41) is 20.0. The Bertz CT molecular complexity index is 1580. The molecule has 0 bridgehead atoms. The highest BCUT2D eigenvalue weighted by Crippen LogP contribution is 2.38. The van der Waals surface area contributed by atoms with Crippen LogP contribution in [0.3, 0.4) is 0 Å². The van der Waals surface area contributed by atoms with Crippen molar-refractivity contribution in [2.45, 2.75) is 10.5 Å². The van der Waals surface area contributed by atoms with E-state index in [-0.39, 0.29) is 11.4 Å². The smallest absolute Gasteiger partial charge is 0.258 e. The maximum Gasteiger partial charge on any atom is 0.269 e. The first-order chi connectivity index (χ1) is 19.5. The van der Waals surface area contributed by atoms with Crippen molar-refractivity contribution in [2.75, 3.05) is 0 Å². The first-order valence-corrected chi connectivity index (χ1v) is 15.9. The van der Waals surface area contributed by atoms with Crippen molar-refractivity contribution in [1.29, 1.82) is 0 Å². The van der Waals surface area contributed by atoms with E-state index in [1.54, 1.807) is 72.8 Å². The molecule has 11 heteroatoms. The van der Waals surface area contributed by atoms with Gasteiger partial charge in [-0.3, -0.25) is 20.2 Å². The predicted octanol–water partition coefficient (Wildman–Crippen LogP) is 8.34. The second-order valence-electron chi connectivity index (χ2n) is 8.95. The summed E-state index contributed by atoms with van der Waals surface area (Å²) in [4.78, 5) is 21.1. The fourth-order valence-electron chi connectivity index (χ4n) is 4.09. The molecule has 0 radical (unpaired) electrons. The minimum Gasteiger partial charge on any atom is -0.258 e. The van der Waals surface area contributed by atoms with Gasteiger partial charge in [-0.1, -0.05) is 48.6 Å². The van der Waals surface area contributed by atoms with E-state index in [0.717, 1.165) is 7.14 Å². The number of rotatable bonds is 10. The summed E-state index contributed by atoms with van der Waals surface area (Å²) in [5.74, 6) is 0. The van der Waals surface area contributed by atoms with Crippen LogP contribution >= 0.6 is 45.2 Å². The van der Waals surface area contributed by atoms with Gasteiger partial charge >= 0.3 is 0 Å². The van der Waals surface area contributed by atoms with E-state index in [4.69, 9.17) is 0 Å². The third-order valence-corrected chi connectivity index (χ3v) is 9.95. The van der Waals surface area contributed by atoms with E-state index in [0.29, 0.717) is 22.3 Å². The van der Waals surface area contributed by atoms with Crippen LogP contribution in [0.2, 0.25) is 0 Å². The summed E-state index contributed by atoms with van der Waals surface area (Å²) < 4.78 is 30.8.